The van der Waals surface area contributed by atoms with Crippen LogP contribution in [0.15, 0.2) is 41.3 Å². The smallest absolute Gasteiger partial charge is 0.416 e. The van der Waals surface area contributed by atoms with Gasteiger partial charge in [0.15, 0.2) is 16.4 Å². The van der Waals surface area contributed by atoms with E-state index in [0.29, 0.717) is 0 Å². The van der Waals surface area contributed by atoms with Crippen LogP contribution in [0.1, 0.15) is 5.56 Å². The molecule has 0 bridgehead atoms. The standard InChI is InChI=1S/C16H13ClF3NO5S/c1-27(24,25)10-3-4-12(11(17)7-10)21-13-6-9(16(18,19)20)2-5-14(13)26-8-15(22)23/h2-7,21H,8H2,1H3,(H,22,23). The Labute approximate surface area is 157 Å². The first-order chi connectivity index (χ1) is 12.4. The highest BCUT2D eigenvalue weighted by molar-refractivity contribution is 7.90. The van der Waals surface area contributed by atoms with Gasteiger partial charge in [-0.05, 0) is 36.4 Å². The molecule has 2 aromatic rings. The molecule has 2 rings (SSSR count). The van der Waals surface area contributed by atoms with Crippen molar-refractivity contribution < 1.29 is 36.2 Å². The molecule has 0 spiro atoms. The van der Waals surface area contributed by atoms with Crippen molar-refractivity contribution in [2.75, 3.05) is 18.2 Å². The Morgan fingerprint density at radius 1 is 1.19 bits per heavy atom. The Bertz CT molecular complexity index is 977. The average Bonchev–Trinajstić information content (AvgIpc) is 2.53. The zero-order valence-corrected chi connectivity index (χ0v) is 15.2. The van der Waals surface area contributed by atoms with Crippen LogP contribution in [-0.4, -0.2) is 32.4 Å². The number of sulfone groups is 1. The maximum absolute atomic E-state index is 13.0. The van der Waals surface area contributed by atoms with Crippen molar-refractivity contribution in [1.29, 1.82) is 0 Å². The van der Waals surface area contributed by atoms with Crippen LogP contribution < -0.4 is 10.1 Å². The van der Waals surface area contributed by atoms with Gasteiger partial charge in [0, 0.05) is 6.26 Å². The number of benzene rings is 2. The fourth-order valence-corrected chi connectivity index (χ4v) is 2.98. The molecule has 0 aliphatic rings. The van der Waals surface area contributed by atoms with Gasteiger partial charge in [-0.3, -0.25) is 0 Å². The second kappa shape index (κ2) is 7.65. The van der Waals surface area contributed by atoms with Gasteiger partial charge >= 0.3 is 12.1 Å². The number of alkyl halides is 3. The first-order valence-corrected chi connectivity index (χ1v) is 9.47. The zero-order chi connectivity index (χ0) is 20.4. The fourth-order valence-electron chi connectivity index (χ4n) is 2.04. The normalized spacial score (nSPS) is 11.9. The second-order valence-corrected chi connectivity index (χ2v) is 7.85. The summed E-state index contributed by atoms with van der Waals surface area (Å²) in [6, 6.07) is 6.11. The number of hydrogen-bond acceptors (Lipinski definition) is 5. The van der Waals surface area contributed by atoms with E-state index in [-0.39, 0.29) is 27.0 Å². The maximum Gasteiger partial charge on any atom is 0.416 e. The molecule has 11 heteroatoms. The van der Waals surface area contributed by atoms with Gasteiger partial charge in [-0.15, -0.1) is 0 Å². The van der Waals surface area contributed by atoms with Crippen molar-refractivity contribution in [1.82, 2.24) is 0 Å². The van der Waals surface area contributed by atoms with E-state index in [1.165, 1.54) is 12.1 Å². The van der Waals surface area contributed by atoms with Gasteiger partial charge in [-0.1, -0.05) is 11.6 Å². The Morgan fingerprint density at radius 3 is 2.37 bits per heavy atom. The summed E-state index contributed by atoms with van der Waals surface area (Å²) in [5.41, 5.74) is -1.06. The van der Waals surface area contributed by atoms with E-state index in [2.05, 4.69) is 5.32 Å². The number of carbonyl (C=O) groups is 1. The Morgan fingerprint density at radius 2 is 1.85 bits per heavy atom. The number of halogens is 4. The lowest BCUT2D eigenvalue weighted by molar-refractivity contribution is -0.139. The molecule has 0 fully saturated rings. The number of anilines is 2. The Balaban J connectivity index is 2.44. The Kier molecular flexibility index (Phi) is 5.91. The average molecular weight is 424 g/mol. The molecule has 0 unspecified atom stereocenters. The molecule has 0 atom stereocenters. The maximum atomic E-state index is 13.0. The van der Waals surface area contributed by atoms with E-state index in [0.717, 1.165) is 30.5 Å². The molecule has 0 heterocycles. The van der Waals surface area contributed by atoms with Crippen LogP contribution in [0.4, 0.5) is 24.5 Å². The molecule has 6 nitrogen and oxygen atoms in total. The molecule has 146 valence electrons. The lowest BCUT2D eigenvalue weighted by Crippen LogP contribution is -2.12. The number of nitrogens with one attached hydrogen (secondary N) is 1. The molecule has 0 saturated carbocycles. The number of ether oxygens (including phenoxy) is 1. The quantitative estimate of drug-likeness (QED) is 0.730. The van der Waals surface area contributed by atoms with Gasteiger partial charge in [0.05, 0.1) is 26.9 Å². The highest BCUT2D eigenvalue weighted by atomic mass is 35.5. The van der Waals surface area contributed by atoms with Crippen molar-refractivity contribution >= 4 is 38.8 Å². The molecular formula is C16H13ClF3NO5S. The molecule has 2 N–H and O–H groups in total. The molecule has 2 aromatic carbocycles. The summed E-state index contributed by atoms with van der Waals surface area (Å²) >= 11 is 6.01. The Hall–Kier alpha value is -2.46. The van der Waals surface area contributed by atoms with Crippen molar-refractivity contribution in [3.63, 3.8) is 0 Å². The minimum absolute atomic E-state index is 0.0560. The number of hydrogen-bond donors (Lipinski definition) is 2. The van der Waals surface area contributed by atoms with Gasteiger partial charge < -0.3 is 15.2 Å². The van der Waals surface area contributed by atoms with Crippen molar-refractivity contribution in [3.05, 3.63) is 47.0 Å². The summed E-state index contributed by atoms with van der Waals surface area (Å²) in [6.45, 7) is -0.763. The number of rotatable bonds is 6. The van der Waals surface area contributed by atoms with E-state index in [1.807, 2.05) is 0 Å². The first-order valence-electron chi connectivity index (χ1n) is 7.20. The van der Waals surface area contributed by atoms with Gasteiger partial charge in [0.25, 0.3) is 0 Å². The molecule has 0 aromatic heterocycles. The monoisotopic (exact) mass is 423 g/mol. The van der Waals surface area contributed by atoms with E-state index in [1.54, 1.807) is 0 Å². The highest BCUT2D eigenvalue weighted by Crippen LogP contribution is 2.37. The number of carboxylic acids is 1. The summed E-state index contributed by atoms with van der Waals surface area (Å²) in [7, 11) is -3.52. The van der Waals surface area contributed by atoms with Gasteiger partial charge in [0.2, 0.25) is 0 Å². The summed E-state index contributed by atoms with van der Waals surface area (Å²) in [4.78, 5) is 10.6. The van der Waals surface area contributed by atoms with Crippen molar-refractivity contribution in [2.24, 2.45) is 0 Å². The highest BCUT2D eigenvalue weighted by Gasteiger charge is 2.31. The largest absolute Gasteiger partial charge is 0.480 e. The SMILES string of the molecule is CS(=O)(=O)c1ccc(Nc2cc(C(F)(F)F)ccc2OCC(=O)O)c(Cl)c1. The van der Waals surface area contributed by atoms with Crippen LogP contribution in [0, 0.1) is 0 Å². The van der Waals surface area contributed by atoms with Gasteiger partial charge in [-0.2, -0.15) is 13.2 Å². The van der Waals surface area contributed by atoms with Crippen LogP contribution in [-0.2, 0) is 20.8 Å². The van der Waals surface area contributed by atoms with E-state index >= 15 is 0 Å². The summed E-state index contributed by atoms with van der Waals surface area (Å²) < 4.78 is 66.9. The van der Waals surface area contributed by atoms with E-state index in [4.69, 9.17) is 21.4 Å². The minimum atomic E-state index is -4.63. The van der Waals surface area contributed by atoms with Crippen LogP contribution in [0.5, 0.6) is 5.75 Å². The lowest BCUT2D eigenvalue weighted by Gasteiger charge is -2.16. The predicted molar refractivity (Wildman–Crippen MR) is 92.4 cm³/mol. The topological polar surface area (TPSA) is 92.7 Å². The van der Waals surface area contributed by atoms with Crippen LogP contribution in [0.2, 0.25) is 5.02 Å². The van der Waals surface area contributed by atoms with Gasteiger partial charge in [0.1, 0.15) is 5.75 Å². The van der Waals surface area contributed by atoms with E-state index in [9.17, 15) is 26.4 Å². The molecule has 27 heavy (non-hydrogen) atoms. The predicted octanol–water partition coefficient (Wildman–Crippen LogP) is 3.97. The lowest BCUT2D eigenvalue weighted by atomic mass is 10.1. The molecule has 0 aliphatic carbocycles. The third-order valence-corrected chi connectivity index (χ3v) is 4.72. The van der Waals surface area contributed by atoms with Crippen molar-refractivity contribution in [3.8, 4) is 5.75 Å². The number of aliphatic carboxylic acids is 1. The molecule has 0 saturated heterocycles. The molecule has 0 aliphatic heterocycles. The molecule has 0 amide bonds. The van der Waals surface area contributed by atoms with Crippen LogP contribution >= 0.6 is 11.6 Å². The van der Waals surface area contributed by atoms with E-state index < -0.39 is 34.2 Å². The zero-order valence-electron chi connectivity index (χ0n) is 13.7. The van der Waals surface area contributed by atoms with Crippen LogP contribution in [0.25, 0.3) is 0 Å². The fraction of sp³-hybridized carbons (Fsp3) is 0.188. The first kappa shape index (κ1) is 20.8. The third-order valence-electron chi connectivity index (χ3n) is 3.30. The van der Waals surface area contributed by atoms with Crippen LogP contribution in [0.3, 0.4) is 0 Å². The second-order valence-electron chi connectivity index (χ2n) is 5.43. The molecule has 0 radical (unpaired) electrons. The van der Waals surface area contributed by atoms with Gasteiger partial charge in [-0.25, -0.2) is 13.2 Å². The van der Waals surface area contributed by atoms with Crippen molar-refractivity contribution in [2.45, 2.75) is 11.1 Å². The number of carboxylic acid groups (broad SMARTS) is 1. The molecular weight excluding hydrogens is 411 g/mol. The minimum Gasteiger partial charge on any atom is -0.480 e. The third kappa shape index (κ3) is 5.51. The summed E-state index contributed by atoms with van der Waals surface area (Å²) in [5.74, 6) is -1.45. The summed E-state index contributed by atoms with van der Waals surface area (Å²) in [5, 5.41) is 11.2. The summed E-state index contributed by atoms with van der Waals surface area (Å²) in [6.07, 6.45) is -3.65.